The molecule has 114 valence electrons. The van der Waals surface area contributed by atoms with Crippen LogP contribution in [0.3, 0.4) is 0 Å². The molecular formula is C14H17Cl2N3O2. The molecule has 0 spiro atoms. The highest BCUT2D eigenvalue weighted by atomic mass is 35.5. The topological polar surface area (TPSA) is 61.4 Å². The van der Waals surface area contributed by atoms with Crippen molar-refractivity contribution in [2.75, 3.05) is 19.6 Å². The number of hydrogen-bond acceptors (Lipinski definition) is 2. The van der Waals surface area contributed by atoms with Crippen molar-refractivity contribution in [3.8, 4) is 0 Å². The lowest BCUT2D eigenvalue weighted by molar-refractivity contribution is -0.122. The molecule has 2 N–H and O–H groups in total. The molecule has 0 aromatic heterocycles. The first-order valence-corrected chi connectivity index (χ1v) is 7.50. The molecule has 2 rings (SSSR count). The van der Waals surface area contributed by atoms with Crippen LogP contribution in [0.4, 0.5) is 4.79 Å². The van der Waals surface area contributed by atoms with E-state index in [1.807, 2.05) is 13.0 Å². The van der Waals surface area contributed by atoms with Crippen LogP contribution < -0.4 is 10.6 Å². The fraction of sp³-hybridized carbons (Fsp3) is 0.429. The summed E-state index contributed by atoms with van der Waals surface area (Å²) in [5.41, 5.74) is 0.751. The van der Waals surface area contributed by atoms with E-state index in [1.54, 1.807) is 12.1 Å². The maximum absolute atomic E-state index is 12.0. The van der Waals surface area contributed by atoms with Gasteiger partial charge in [-0.05, 0) is 25.0 Å². The van der Waals surface area contributed by atoms with E-state index in [0.717, 1.165) is 12.0 Å². The molecule has 3 amide bonds. The van der Waals surface area contributed by atoms with Gasteiger partial charge in [0.2, 0.25) is 5.91 Å². The quantitative estimate of drug-likeness (QED) is 0.891. The summed E-state index contributed by atoms with van der Waals surface area (Å²) in [6.45, 7) is 3.11. The molecule has 1 aliphatic heterocycles. The van der Waals surface area contributed by atoms with Gasteiger partial charge < -0.3 is 15.5 Å². The molecule has 0 saturated carbocycles. The molecule has 1 aliphatic rings. The summed E-state index contributed by atoms with van der Waals surface area (Å²) in [4.78, 5) is 25.1. The van der Waals surface area contributed by atoms with E-state index in [9.17, 15) is 9.59 Å². The number of halogens is 2. The predicted molar refractivity (Wildman–Crippen MR) is 82.6 cm³/mol. The summed E-state index contributed by atoms with van der Waals surface area (Å²) >= 11 is 12.1. The first-order valence-electron chi connectivity index (χ1n) is 6.75. The van der Waals surface area contributed by atoms with Gasteiger partial charge in [0.1, 0.15) is 6.54 Å². The van der Waals surface area contributed by atoms with Crippen molar-refractivity contribution in [3.63, 3.8) is 0 Å². The summed E-state index contributed by atoms with van der Waals surface area (Å²) < 4.78 is 0. The Morgan fingerprint density at radius 3 is 2.95 bits per heavy atom. The van der Waals surface area contributed by atoms with E-state index in [4.69, 9.17) is 23.2 Å². The second-order valence-electron chi connectivity index (χ2n) is 4.94. The van der Waals surface area contributed by atoms with Crippen LogP contribution in [-0.4, -0.2) is 36.5 Å². The molecule has 1 atom stereocenters. The number of hydrogen-bond donors (Lipinski definition) is 2. The summed E-state index contributed by atoms with van der Waals surface area (Å²) in [5.74, 6) is -0.226. The van der Waals surface area contributed by atoms with Gasteiger partial charge in [-0.15, -0.1) is 0 Å². The second-order valence-corrected chi connectivity index (χ2v) is 5.72. The highest BCUT2D eigenvalue weighted by Gasteiger charge is 2.21. The zero-order chi connectivity index (χ0) is 15.4. The van der Waals surface area contributed by atoms with Crippen molar-refractivity contribution in [2.45, 2.75) is 19.4 Å². The summed E-state index contributed by atoms with van der Waals surface area (Å²) in [7, 11) is 0. The van der Waals surface area contributed by atoms with E-state index in [1.165, 1.54) is 4.90 Å². The smallest absolute Gasteiger partial charge is 0.317 e. The number of benzene rings is 1. The van der Waals surface area contributed by atoms with Crippen molar-refractivity contribution in [3.05, 3.63) is 33.8 Å². The Bertz CT molecular complexity index is 551. The second kappa shape index (κ2) is 7.00. The summed E-state index contributed by atoms with van der Waals surface area (Å²) in [6.07, 6.45) is 0.842. The Morgan fingerprint density at radius 1 is 1.48 bits per heavy atom. The standard InChI is InChI=1S/C14H17Cl2N3O2/c1-9(10-4-2-5-11(15)13(10)16)18-12(20)8-19-7-3-6-17-14(19)21/h2,4-5,9H,3,6-8H2,1H3,(H,17,21)(H,18,20)/t9-/m0/s1. The van der Waals surface area contributed by atoms with Gasteiger partial charge >= 0.3 is 6.03 Å². The molecular weight excluding hydrogens is 313 g/mol. The largest absolute Gasteiger partial charge is 0.348 e. The Labute approximate surface area is 133 Å². The number of nitrogens with zero attached hydrogens (tertiary/aromatic N) is 1. The molecule has 0 aliphatic carbocycles. The number of carbonyl (C=O) groups is 2. The van der Waals surface area contributed by atoms with Crippen LogP contribution in [0.15, 0.2) is 18.2 Å². The van der Waals surface area contributed by atoms with E-state index in [0.29, 0.717) is 23.1 Å². The fourth-order valence-electron chi connectivity index (χ4n) is 2.22. The molecule has 0 radical (unpaired) electrons. The molecule has 1 aromatic rings. The number of urea groups is 1. The summed E-state index contributed by atoms with van der Waals surface area (Å²) in [6, 6.07) is 4.80. The van der Waals surface area contributed by atoms with Crippen LogP contribution in [0.5, 0.6) is 0 Å². The molecule has 0 bridgehead atoms. The lowest BCUT2D eigenvalue weighted by atomic mass is 10.1. The maximum Gasteiger partial charge on any atom is 0.317 e. The van der Waals surface area contributed by atoms with Crippen molar-refractivity contribution in [1.29, 1.82) is 0 Å². The lowest BCUT2D eigenvalue weighted by Gasteiger charge is -2.27. The van der Waals surface area contributed by atoms with Crippen LogP contribution in [0, 0.1) is 0 Å². The normalized spacial score (nSPS) is 16.3. The third-order valence-electron chi connectivity index (χ3n) is 3.33. The summed E-state index contributed by atoms with van der Waals surface area (Å²) in [5, 5.41) is 6.42. The average molecular weight is 330 g/mol. The van der Waals surface area contributed by atoms with Crippen LogP contribution in [-0.2, 0) is 4.79 Å². The van der Waals surface area contributed by atoms with Gasteiger partial charge in [0.25, 0.3) is 0 Å². The number of carbonyl (C=O) groups excluding carboxylic acids is 2. The highest BCUT2D eigenvalue weighted by molar-refractivity contribution is 6.42. The van der Waals surface area contributed by atoms with E-state index in [-0.39, 0.29) is 24.5 Å². The minimum Gasteiger partial charge on any atom is -0.348 e. The van der Waals surface area contributed by atoms with Gasteiger partial charge in [-0.1, -0.05) is 35.3 Å². The van der Waals surface area contributed by atoms with E-state index in [2.05, 4.69) is 10.6 Å². The molecule has 1 saturated heterocycles. The van der Waals surface area contributed by atoms with E-state index < -0.39 is 0 Å². The van der Waals surface area contributed by atoms with Crippen LogP contribution >= 0.6 is 23.2 Å². The third kappa shape index (κ3) is 4.02. The first-order chi connectivity index (χ1) is 9.99. The van der Waals surface area contributed by atoms with Gasteiger partial charge in [-0.25, -0.2) is 4.79 Å². The molecule has 5 nitrogen and oxygen atoms in total. The fourth-order valence-corrected chi connectivity index (χ4v) is 2.69. The van der Waals surface area contributed by atoms with Crippen molar-refractivity contribution < 1.29 is 9.59 Å². The van der Waals surface area contributed by atoms with Crippen LogP contribution in [0.1, 0.15) is 24.9 Å². The van der Waals surface area contributed by atoms with Crippen molar-refractivity contribution >= 4 is 35.1 Å². The predicted octanol–water partition coefficient (Wildman–Crippen LogP) is 2.59. The molecule has 21 heavy (non-hydrogen) atoms. The Balaban J connectivity index is 1.95. The zero-order valence-corrected chi connectivity index (χ0v) is 13.2. The molecule has 7 heteroatoms. The number of nitrogens with one attached hydrogen (secondary N) is 2. The highest BCUT2D eigenvalue weighted by Crippen LogP contribution is 2.29. The van der Waals surface area contributed by atoms with E-state index >= 15 is 0 Å². The molecule has 1 fully saturated rings. The molecule has 0 unspecified atom stereocenters. The Hall–Kier alpha value is -1.46. The molecule has 1 heterocycles. The molecule has 1 aromatic carbocycles. The zero-order valence-electron chi connectivity index (χ0n) is 11.7. The monoisotopic (exact) mass is 329 g/mol. The number of rotatable bonds is 4. The lowest BCUT2D eigenvalue weighted by Crippen LogP contribution is -2.50. The van der Waals surface area contributed by atoms with Gasteiger partial charge in [0.15, 0.2) is 0 Å². The number of amides is 3. The maximum atomic E-state index is 12.0. The Morgan fingerprint density at radius 2 is 2.24 bits per heavy atom. The van der Waals surface area contributed by atoms with Gasteiger partial charge in [0.05, 0.1) is 16.1 Å². The van der Waals surface area contributed by atoms with Crippen molar-refractivity contribution in [1.82, 2.24) is 15.5 Å². The van der Waals surface area contributed by atoms with Gasteiger partial charge in [-0.3, -0.25) is 4.79 Å². The average Bonchev–Trinajstić information content (AvgIpc) is 2.44. The van der Waals surface area contributed by atoms with Crippen LogP contribution in [0.2, 0.25) is 10.0 Å². The minimum atomic E-state index is -0.281. The van der Waals surface area contributed by atoms with Crippen LogP contribution in [0.25, 0.3) is 0 Å². The third-order valence-corrected chi connectivity index (χ3v) is 4.16. The first kappa shape index (κ1) is 15.9. The van der Waals surface area contributed by atoms with Gasteiger partial charge in [-0.2, -0.15) is 0 Å². The van der Waals surface area contributed by atoms with Crippen molar-refractivity contribution in [2.24, 2.45) is 0 Å². The van der Waals surface area contributed by atoms with Gasteiger partial charge in [0, 0.05) is 13.1 Å². The Kier molecular flexibility index (Phi) is 5.31. The minimum absolute atomic E-state index is 0.0361. The SMILES string of the molecule is C[C@H](NC(=O)CN1CCCNC1=O)c1cccc(Cl)c1Cl.